The maximum atomic E-state index is 6.36. The average Bonchev–Trinajstić information content (AvgIpc) is 2.50. The van der Waals surface area contributed by atoms with Gasteiger partial charge in [0.1, 0.15) is 0 Å². The van der Waals surface area contributed by atoms with E-state index in [0.29, 0.717) is 16.7 Å². The molecule has 0 aromatic heterocycles. The Kier molecular flexibility index (Phi) is 6.63. The van der Waals surface area contributed by atoms with Crippen molar-refractivity contribution in [3.05, 3.63) is 23.3 Å². The van der Waals surface area contributed by atoms with E-state index in [1.165, 1.54) is 56.9 Å². The van der Waals surface area contributed by atoms with Crippen LogP contribution in [0.3, 0.4) is 0 Å². The van der Waals surface area contributed by atoms with E-state index in [2.05, 4.69) is 60.6 Å². The molecule has 0 spiro atoms. The molecule has 0 amide bonds. The van der Waals surface area contributed by atoms with Gasteiger partial charge in [0.05, 0.1) is 12.2 Å². The minimum Gasteiger partial charge on any atom is -0.371 e. The zero-order chi connectivity index (χ0) is 18.7. The fourth-order valence-corrected chi connectivity index (χ4v) is 4.42. The van der Waals surface area contributed by atoms with Crippen LogP contribution in [0.4, 0.5) is 0 Å². The van der Waals surface area contributed by atoms with Gasteiger partial charge in [0, 0.05) is 0 Å². The van der Waals surface area contributed by atoms with Crippen molar-refractivity contribution in [3.8, 4) is 0 Å². The molecule has 0 saturated heterocycles. The van der Waals surface area contributed by atoms with E-state index in [4.69, 9.17) is 4.74 Å². The summed E-state index contributed by atoms with van der Waals surface area (Å²) >= 11 is 0. The van der Waals surface area contributed by atoms with E-state index in [9.17, 15) is 0 Å². The van der Waals surface area contributed by atoms with Crippen LogP contribution in [0.15, 0.2) is 23.3 Å². The van der Waals surface area contributed by atoms with Gasteiger partial charge >= 0.3 is 0 Å². The molecule has 1 fully saturated rings. The smallest absolute Gasteiger partial charge is 0.0687 e. The first kappa shape index (κ1) is 20.7. The fourth-order valence-electron chi connectivity index (χ4n) is 4.42. The third-order valence-electron chi connectivity index (χ3n) is 6.09. The second-order valence-corrected chi connectivity index (χ2v) is 11.0. The highest BCUT2D eigenvalue weighted by Gasteiger charge is 2.32. The van der Waals surface area contributed by atoms with Crippen LogP contribution in [-0.4, -0.2) is 12.2 Å². The van der Waals surface area contributed by atoms with Crippen molar-refractivity contribution in [1.82, 2.24) is 0 Å². The van der Waals surface area contributed by atoms with Gasteiger partial charge in [-0.3, -0.25) is 0 Å². The van der Waals surface area contributed by atoms with Crippen LogP contribution >= 0.6 is 0 Å². The van der Waals surface area contributed by atoms with Crippen molar-refractivity contribution in [3.63, 3.8) is 0 Å². The number of ether oxygens (including phenoxy) is 1. The highest BCUT2D eigenvalue weighted by atomic mass is 16.5. The van der Waals surface area contributed by atoms with Gasteiger partial charge in [0.15, 0.2) is 0 Å². The van der Waals surface area contributed by atoms with Crippen molar-refractivity contribution in [2.45, 2.75) is 105 Å². The summed E-state index contributed by atoms with van der Waals surface area (Å²) in [5, 5.41) is 0. The minimum absolute atomic E-state index is 0.128. The van der Waals surface area contributed by atoms with Crippen LogP contribution in [0.1, 0.15) is 99.8 Å². The fraction of sp³-hybridized carbons (Fsp3) is 0.833. The lowest BCUT2D eigenvalue weighted by Crippen LogP contribution is -2.32. The monoisotopic (exact) mass is 346 g/mol. The number of allylic oxidation sites excluding steroid dienone is 3. The molecular formula is C24H42O. The Labute approximate surface area is 157 Å². The molecule has 1 atom stereocenters. The largest absolute Gasteiger partial charge is 0.371 e. The van der Waals surface area contributed by atoms with Crippen molar-refractivity contribution in [2.75, 3.05) is 6.61 Å². The Hall–Kier alpha value is -0.560. The Balaban J connectivity index is 2.00. The molecule has 1 heteroatoms. The first-order valence-corrected chi connectivity index (χ1v) is 10.5. The van der Waals surface area contributed by atoms with Gasteiger partial charge in [-0.2, -0.15) is 0 Å². The third kappa shape index (κ3) is 6.59. The number of hydrogen-bond acceptors (Lipinski definition) is 1. The lowest BCUT2D eigenvalue weighted by molar-refractivity contribution is -0.0462. The van der Waals surface area contributed by atoms with Crippen molar-refractivity contribution in [2.24, 2.45) is 16.7 Å². The summed E-state index contributed by atoms with van der Waals surface area (Å²) in [6.45, 7) is 17.5. The molecule has 1 saturated carbocycles. The molecule has 0 bridgehead atoms. The van der Waals surface area contributed by atoms with Crippen molar-refractivity contribution < 1.29 is 4.74 Å². The van der Waals surface area contributed by atoms with Crippen LogP contribution in [0.5, 0.6) is 0 Å². The maximum absolute atomic E-state index is 6.36. The number of hydrogen-bond donors (Lipinski definition) is 0. The Bertz CT molecular complexity index is 489. The van der Waals surface area contributed by atoms with Gasteiger partial charge in [0.2, 0.25) is 0 Å². The van der Waals surface area contributed by atoms with E-state index in [1.807, 2.05) is 0 Å². The first-order chi connectivity index (χ1) is 11.5. The van der Waals surface area contributed by atoms with E-state index >= 15 is 0 Å². The van der Waals surface area contributed by atoms with Gasteiger partial charge in [0.25, 0.3) is 0 Å². The standard InChI is InChI=1S/C24H42O/c1-22(2,3)17-21(23(4,5)6)20-13-11-19(12-14-20)18-25-24(7)15-9-8-10-16-24/h11,13,21H,8-10,12,14-18H2,1-7H3. The number of rotatable bonds is 5. The summed E-state index contributed by atoms with van der Waals surface area (Å²) < 4.78 is 6.36. The van der Waals surface area contributed by atoms with Gasteiger partial charge in [-0.25, -0.2) is 0 Å². The Morgan fingerprint density at radius 3 is 2.08 bits per heavy atom. The normalized spacial score (nSPS) is 23.0. The molecule has 0 aliphatic heterocycles. The first-order valence-electron chi connectivity index (χ1n) is 10.5. The zero-order valence-corrected chi connectivity index (χ0v) is 18.0. The lowest BCUT2D eigenvalue weighted by Gasteiger charge is -2.38. The highest BCUT2D eigenvalue weighted by molar-refractivity contribution is 5.27. The van der Waals surface area contributed by atoms with Crippen LogP contribution in [0.25, 0.3) is 0 Å². The molecule has 2 aliphatic rings. The minimum atomic E-state index is 0.128. The summed E-state index contributed by atoms with van der Waals surface area (Å²) in [6, 6.07) is 0. The van der Waals surface area contributed by atoms with E-state index in [0.717, 1.165) is 6.61 Å². The summed E-state index contributed by atoms with van der Waals surface area (Å²) in [5.74, 6) is 0.669. The van der Waals surface area contributed by atoms with E-state index in [1.54, 1.807) is 5.57 Å². The molecule has 25 heavy (non-hydrogen) atoms. The molecule has 2 aliphatic carbocycles. The molecule has 2 rings (SSSR count). The molecule has 0 aromatic carbocycles. The van der Waals surface area contributed by atoms with Gasteiger partial charge in [-0.05, 0) is 61.3 Å². The molecule has 144 valence electrons. The molecule has 0 N–H and O–H groups in total. The summed E-state index contributed by atoms with van der Waals surface area (Å²) in [6.07, 6.45) is 15.0. The molecule has 0 heterocycles. The molecule has 0 aromatic rings. The molecule has 1 nitrogen and oxygen atoms in total. The zero-order valence-electron chi connectivity index (χ0n) is 18.0. The van der Waals surface area contributed by atoms with Crippen molar-refractivity contribution >= 4 is 0 Å². The lowest BCUT2D eigenvalue weighted by atomic mass is 9.67. The predicted octanol–water partition coefficient (Wildman–Crippen LogP) is 7.47. The SMILES string of the molecule is CC(C)(C)CC(C1=CC=C(COC2(C)CCCCC2)CC1)C(C)(C)C. The van der Waals surface area contributed by atoms with E-state index < -0.39 is 0 Å². The van der Waals surface area contributed by atoms with E-state index in [-0.39, 0.29) is 5.60 Å². The van der Waals surface area contributed by atoms with Gasteiger partial charge in [-0.15, -0.1) is 0 Å². The van der Waals surface area contributed by atoms with Gasteiger partial charge in [-0.1, -0.05) is 78.5 Å². The second kappa shape index (κ2) is 7.99. The quantitative estimate of drug-likeness (QED) is 0.501. The topological polar surface area (TPSA) is 9.23 Å². The predicted molar refractivity (Wildman–Crippen MR) is 110 cm³/mol. The summed E-state index contributed by atoms with van der Waals surface area (Å²) in [4.78, 5) is 0. The average molecular weight is 347 g/mol. The van der Waals surface area contributed by atoms with Crippen LogP contribution in [0.2, 0.25) is 0 Å². The van der Waals surface area contributed by atoms with Crippen molar-refractivity contribution in [1.29, 1.82) is 0 Å². The molecule has 0 radical (unpaired) electrons. The molecule has 1 unspecified atom stereocenters. The Morgan fingerprint density at radius 2 is 1.60 bits per heavy atom. The second-order valence-electron chi connectivity index (χ2n) is 11.0. The third-order valence-corrected chi connectivity index (χ3v) is 6.09. The summed E-state index contributed by atoms with van der Waals surface area (Å²) in [5.41, 5.74) is 3.97. The van der Waals surface area contributed by atoms with Crippen LogP contribution in [-0.2, 0) is 4.74 Å². The maximum Gasteiger partial charge on any atom is 0.0687 e. The molecular weight excluding hydrogens is 304 g/mol. The van der Waals surface area contributed by atoms with Crippen LogP contribution in [0, 0.1) is 16.7 Å². The van der Waals surface area contributed by atoms with Gasteiger partial charge < -0.3 is 4.74 Å². The summed E-state index contributed by atoms with van der Waals surface area (Å²) in [7, 11) is 0. The van der Waals surface area contributed by atoms with Crippen LogP contribution < -0.4 is 0 Å². The highest BCUT2D eigenvalue weighted by Crippen LogP contribution is 2.43. The Morgan fingerprint density at radius 1 is 0.960 bits per heavy atom.